The zero-order valence-corrected chi connectivity index (χ0v) is 13.6. The standard InChI is InChI=1S/C18H24FN3O/c1-13-9-18(16-10-15(19)4-5-17(16)21-13)20-6-8-22-7-2-3-14(11-22)12-23/h4-5,9-10,14,23H,2-3,6-8,11-12H2,1H3,(H,20,21). The molecule has 1 saturated heterocycles. The second-order valence-electron chi connectivity index (χ2n) is 6.39. The number of likely N-dealkylation sites (tertiary alicyclic amines) is 1. The lowest BCUT2D eigenvalue weighted by Gasteiger charge is -2.31. The molecule has 0 saturated carbocycles. The number of pyridine rings is 1. The number of aryl methyl sites for hydroxylation is 1. The molecule has 0 amide bonds. The predicted molar refractivity (Wildman–Crippen MR) is 91.2 cm³/mol. The van der Waals surface area contributed by atoms with Crippen LogP contribution in [0.3, 0.4) is 0 Å². The molecule has 1 aromatic carbocycles. The highest BCUT2D eigenvalue weighted by Gasteiger charge is 2.18. The number of nitrogens with zero attached hydrogens (tertiary/aromatic N) is 2. The summed E-state index contributed by atoms with van der Waals surface area (Å²) < 4.78 is 13.5. The molecule has 1 aliphatic rings. The minimum Gasteiger partial charge on any atom is -0.396 e. The third-order valence-electron chi connectivity index (χ3n) is 4.50. The van der Waals surface area contributed by atoms with Crippen molar-refractivity contribution in [2.75, 3.05) is 38.1 Å². The molecule has 1 unspecified atom stereocenters. The Bertz CT molecular complexity index is 677. The third-order valence-corrected chi connectivity index (χ3v) is 4.50. The van der Waals surface area contributed by atoms with Gasteiger partial charge >= 0.3 is 0 Å². The van der Waals surface area contributed by atoms with E-state index in [1.165, 1.54) is 12.1 Å². The van der Waals surface area contributed by atoms with Crippen molar-refractivity contribution in [2.24, 2.45) is 5.92 Å². The van der Waals surface area contributed by atoms with Gasteiger partial charge in [-0.05, 0) is 56.5 Å². The van der Waals surface area contributed by atoms with Gasteiger partial charge in [0.25, 0.3) is 0 Å². The number of hydrogen-bond acceptors (Lipinski definition) is 4. The number of aliphatic hydroxyl groups excluding tert-OH is 1. The average Bonchev–Trinajstić information content (AvgIpc) is 2.55. The Morgan fingerprint density at radius 2 is 2.26 bits per heavy atom. The largest absolute Gasteiger partial charge is 0.396 e. The molecule has 1 atom stereocenters. The molecule has 0 bridgehead atoms. The maximum Gasteiger partial charge on any atom is 0.124 e. The normalized spacial score (nSPS) is 19.2. The van der Waals surface area contributed by atoms with Gasteiger partial charge in [0.15, 0.2) is 0 Å². The Hall–Kier alpha value is -1.72. The van der Waals surface area contributed by atoms with E-state index in [1.807, 2.05) is 13.0 Å². The number of piperidine rings is 1. The smallest absolute Gasteiger partial charge is 0.124 e. The zero-order chi connectivity index (χ0) is 16.2. The summed E-state index contributed by atoms with van der Waals surface area (Å²) in [5.74, 6) is 0.162. The fourth-order valence-corrected chi connectivity index (χ4v) is 3.33. The summed E-state index contributed by atoms with van der Waals surface area (Å²) >= 11 is 0. The van der Waals surface area contributed by atoms with Crippen molar-refractivity contribution < 1.29 is 9.50 Å². The Kier molecular flexibility index (Phi) is 5.08. The highest BCUT2D eigenvalue weighted by molar-refractivity contribution is 5.91. The van der Waals surface area contributed by atoms with E-state index in [9.17, 15) is 9.50 Å². The van der Waals surface area contributed by atoms with E-state index in [1.54, 1.807) is 6.07 Å². The van der Waals surface area contributed by atoms with Crippen LogP contribution < -0.4 is 5.32 Å². The Morgan fingerprint density at radius 1 is 1.39 bits per heavy atom. The lowest BCUT2D eigenvalue weighted by atomic mass is 9.99. The maximum absolute atomic E-state index is 13.5. The number of aliphatic hydroxyl groups is 1. The van der Waals surface area contributed by atoms with Crippen molar-refractivity contribution in [3.8, 4) is 0 Å². The first kappa shape index (κ1) is 16.1. The summed E-state index contributed by atoms with van der Waals surface area (Å²) in [6.45, 7) is 6.00. The molecule has 0 aliphatic carbocycles. The van der Waals surface area contributed by atoms with E-state index in [2.05, 4.69) is 15.2 Å². The van der Waals surface area contributed by atoms with Crippen LogP contribution in [0.5, 0.6) is 0 Å². The predicted octanol–water partition coefficient (Wildman–Crippen LogP) is 2.80. The molecule has 1 fully saturated rings. The quantitative estimate of drug-likeness (QED) is 0.890. The van der Waals surface area contributed by atoms with Gasteiger partial charge in [0, 0.05) is 43.0 Å². The summed E-state index contributed by atoms with van der Waals surface area (Å²) in [5.41, 5.74) is 2.67. The average molecular weight is 317 g/mol. The Morgan fingerprint density at radius 3 is 3.09 bits per heavy atom. The van der Waals surface area contributed by atoms with Gasteiger partial charge in [-0.2, -0.15) is 0 Å². The fourth-order valence-electron chi connectivity index (χ4n) is 3.33. The molecule has 1 aliphatic heterocycles. The van der Waals surface area contributed by atoms with E-state index in [0.717, 1.165) is 61.3 Å². The lowest BCUT2D eigenvalue weighted by molar-refractivity contribution is 0.123. The van der Waals surface area contributed by atoms with Crippen molar-refractivity contribution in [1.29, 1.82) is 0 Å². The number of fused-ring (bicyclic) bond motifs is 1. The van der Waals surface area contributed by atoms with Crippen molar-refractivity contribution in [3.05, 3.63) is 35.8 Å². The SMILES string of the molecule is Cc1cc(NCCN2CCCC(CO)C2)c2cc(F)ccc2n1. The van der Waals surface area contributed by atoms with Crippen molar-refractivity contribution >= 4 is 16.6 Å². The van der Waals surface area contributed by atoms with Gasteiger partial charge in [-0.25, -0.2) is 4.39 Å². The Labute approximate surface area is 136 Å². The van der Waals surface area contributed by atoms with Gasteiger partial charge < -0.3 is 15.3 Å². The third kappa shape index (κ3) is 3.98. The van der Waals surface area contributed by atoms with Gasteiger partial charge in [0.05, 0.1) is 5.52 Å². The van der Waals surface area contributed by atoms with Crippen LogP contribution in [-0.2, 0) is 0 Å². The number of benzene rings is 1. The fraction of sp³-hybridized carbons (Fsp3) is 0.500. The van der Waals surface area contributed by atoms with Gasteiger partial charge in [0.1, 0.15) is 5.82 Å². The molecule has 5 heteroatoms. The molecule has 3 rings (SSSR count). The molecule has 0 spiro atoms. The number of aromatic nitrogens is 1. The molecule has 0 radical (unpaired) electrons. The summed E-state index contributed by atoms with van der Waals surface area (Å²) in [7, 11) is 0. The van der Waals surface area contributed by atoms with Crippen LogP contribution >= 0.6 is 0 Å². The highest BCUT2D eigenvalue weighted by atomic mass is 19.1. The summed E-state index contributed by atoms with van der Waals surface area (Å²) in [5, 5.41) is 13.5. The van der Waals surface area contributed by atoms with Crippen LogP contribution in [0, 0.1) is 18.7 Å². The van der Waals surface area contributed by atoms with E-state index in [4.69, 9.17) is 0 Å². The van der Waals surface area contributed by atoms with Gasteiger partial charge in [-0.15, -0.1) is 0 Å². The molecule has 23 heavy (non-hydrogen) atoms. The minimum absolute atomic E-state index is 0.243. The number of anilines is 1. The van der Waals surface area contributed by atoms with Crippen LogP contribution in [0.1, 0.15) is 18.5 Å². The summed E-state index contributed by atoms with van der Waals surface area (Å²) in [6.07, 6.45) is 2.27. The van der Waals surface area contributed by atoms with Crippen molar-refractivity contribution in [3.63, 3.8) is 0 Å². The van der Waals surface area contributed by atoms with E-state index in [0.29, 0.717) is 5.92 Å². The van der Waals surface area contributed by atoms with E-state index < -0.39 is 0 Å². The monoisotopic (exact) mass is 317 g/mol. The van der Waals surface area contributed by atoms with E-state index >= 15 is 0 Å². The molecular formula is C18H24FN3O. The zero-order valence-electron chi connectivity index (χ0n) is 13.6. The van der Waals surface area contributed by atoms with Crippen LogP contribution in [0.4, 0.5) is 10.1 Å². The summed E-state index contributed by atoms with van der Waals surface area (Å²) in [6, 6.07) is 6.67. The van der Waals surface area contributed by atoms with Gasteiger partial charge in [0.2, 0.25) is 0 Å². The first-order chi connectivity index (χ1) is 11.2. The number of nitrogens with one attached hydrogen (secondary N) is 1. The van der Waals surface area contributed by atoms with Crippen LogP contribution in [0.15, 0.2) is 24.3 Å². The van der Waals surface area contributed by atoms with Crippen molar-refractivity contribution in [1.82, 2.24) is 9.88 Å². The molecule has 4 nitrogen and oxygen atoms in total. The molecule has 1 aromatic heterocycles. The van der Waals surface area contributed by atoms with Crippen LogP contribution in [0.25, 0.3) is 10.9 Å². The minimum atomic E-state index is -0.243. The first-order valence-corrected chi connectivity index (χ1v) is 8.29. The first-order valence-electron chi connectivity index (χ1n) is 8.29. The number of halogens is 1. The maximum atomic E-state index is 13.5. The second kappa shape index (κ2) is 7.23. The molecule has 124 valence electrons. The Balaban J connectivity index is 1.66. The number of rotatable bonds is 5. The van der Waals surface area contributed by atoms with Crippen LogP contribution in [-0.4, -0.2) is 47.8 Å². The van der Waals surface area contributed by atoms with E-state index in [-0.39, 0.29) is 12.4 Å². The summed E-state index contributed by atoms with van der Waals surface area (Å²) in [4.78, 5) is 6.83. The number of hydrogen-bond donors (Lipinski definition) is 2. The topological polar surface area (TPSA) is 48.4 Å². The molecule has 2 heterocycles. The van der Waals surface area contributed by atoms with Gasteiger partial charge in [-0.3, -0.25) is 4.98 Å². The lowest BCUT2D eigenvalue weighted by Crippen LogP contribution is -2.39. The van der Waals surface area contributed by atoms with Crippen LogP contribution in [0.2, 0.25) is 0 Å². The molecule has 2 N–H and O–H groups in total. The molecular weight excluding hydrogens is 293 g/mol. The highest BCUT2D eigenvalue weighted by Crippen LogP contribution is 2.24. The van der Waals surface area contributed by atoms with Gasteiger partial charge in [-0.1, -0.05) is 0 Å². The van der Waals surface area contributed by atoms with Crippen molar-refractivity contribution in [2.45, 2.75) is 19.8 Å². The molecule has 2 aromatic rings. The second-order valence-corrected chi connectivity index (χ2v) is 6.39.